The predicted molar refractivity (Wildman–Crippen MR) is 169 cm³/mol. The molecule has 9 heteroatoms. The lowest BCUT2D eigenvalue weighted by Gasteiger charge is -2.25. The van der Waals surface area contributed by atoms with E-state index in [9.17, 15) is 0 Å². The molecular weight excluding hydrogens is 531 g/mol. The Morgan fingerprint density at radius 1 is 1.24 bits per heavy atom. The van der Waals surface area contributed by atoms with Crippen molar-refractivity contribution in [2.45, 2.75) is 67.2 Å². The van der Waals surface area contributed by atoms with E-state index in [2.05, 4.69) is 36.1 Å². The number of aromatic nitrogens is 1. The number of halogens is 1. The number of fused-ring (bicyclic) bond motifs is 1. The van der Waals surface area contributed by atoms with Crippen molar-refractivity contribution in [2.24, 2.45) is 11.0 Å². The molecule has 224 valence electrons. The van der Waals surface area contributed by atoms with Crippen molar-refractivity contribution in [2.75, 3.05) is 29.9 Å². The lowest BCUT2D eigenvalue weighted by atomic mass is 10.1. The van der Waals surface area contributed by atoms with Crippen molar-refractivity contribution in [3.8, 4) is 11.5 Å². The number of ether oxygens (including phenoxy) is 2. The molecule has 2 aliphatic heterocycles. The van der Waals surface area contributed by atoms with Crippen LogP contribution in [0.2, 0.25) is 0 Å². The molecule has 1 aromatic carbocycles. The van der Waals surface area contributed by atoms with E-state index in [4.69, 9.17) is 19.9 Å². The van der Waals surface area contributed by atoms with E-state index in [-0.39, 0.29) is 11.5 Å². The molecule has 3 heterocycles. The van der Waals surface area contributed by atoms with Crippen molar-refractivity contribution < 1.29 is 13.9 Å². The Bertz CT molecular complexity index is 1410. The molecule has 2 N–H and O–H groups in total. The van der Waals surface area contributed by atoms with Crippen LogP contribution in [0.15, 0.2) is 59.2 Å². The first-order chi connectivity index (χ1) is 20.2. The van der Waals surface area contributed by atoms with Gasteiger partial charge in [0.05, 0.1) is 18.0 Å². The Hall–Kier alpha value is -4.14. The molecule has 0 radical (unpaired) electrons. The van der Waals surface area contributed by atoms with Gasteiger partial charge in [-0.2, -0.15) is 5.10 Å². The highest BCUT2D eigenvalue weighted by Gasteiger charge is 2.25. The van der Waals surface area contributed by atoms with E-state index < -0.39 is 5.82 Å². The van der Waals surface area contributed by atoms with E-state index in [1.54, 1.807) is 23.4 Å². The van der Waals surface area contributed by atoms with Crippen molar-refractivity contribution in [3.05, 3.63) is 76.7 Å². The van der Waals surface area contributed by atoms with Crippen molar-refractivity contribution in [1.82, 2.24) is 9.99 Å². The summed E-state index contributed by atoms with van der Waals surface area (Å²) >= 11 is 0. The summed E-state index contributed by atoms with van der Waals surface area (Å²) in [5.41, 5.74) is 3.06. The van der Waals surface area contributed by atoms with Crippen LogP contribution in [0.4, 0.5) is 15.9 Å². The molecule has 0 saturated heterocycles. The monoisotopic (exact) mass is 574 g/mol. The Balaban J connectivity index is 1.54. The Morgan fingerprint density at radius 2 is 2.05 bits per heavy atom. The molecule has 1 unspecified atom stereocenters. The third-order valence-electron chi connectivity index (χ3n) is 7.12. The zero-order chi connectivity index (χ0) is 30.2. The fourth-order valence-electron chi connectivity index (χ4n) is 5.00. The number of nitrogens with one attached hydrogen (secondary N) is 2. The third-order valence-corrected chi connectivity index (χ3v) is 7.12. The second-order valence-corrected chi connectivity index (χ2v) is 10.9. The number of benzene rings is 1. The predicted octanol–water partition coefficient (Wildman–Crippen LogP) is 7.69. The number of unbranched alkanes of at least 4 members (excludes halogenated alkanes) is 2. The van der Waals surface area contributed by atoms with Crippen LogP contribution in [-0.2, 0) is 0 Å². The molecule has 0 aliphatic carbocycles. The zero-order valence-electron chi connectivity index (χ0n) is 25.6. The first kappa shape index (κ1) is 30.8. The second-order valence-electron chi connectivity index (χ2n) is 10.9. The minimum atomic E-state index is -0.520. The normalized spacial score (nSPS) is 17.6. The van der Waals surface area contributed by atoms with Gasteiger partial charge in [-0.05, 0) is 62.9 Å². The van der Waals surface area contributed by atoms with Gasteiger partial charge in [-0.1, -0.05) is 39.7 Å². The van der Waals surface area contributed by atoms with Gasteiger partial charge in [0, 0.05) is 43.6 Å². The van der Waals surface area contributed by atoms with Crippen LogP contribution < -0.4 is 19.7 Å². The van der Waals surface area contributed by atoms with Gasteiger partial charge in [0.25, 0.3) is 0 Å². The highest BCUT2D eigenvalue weighted by Crippen LogP contribution is 2.34. The molecule has 2 aromatic rings. The summed E-state index contributed by atoms with van der Waals surface area (Å²) < 4.78 is 27.5. The van der Waals surface area contributed by atoms with Crippen LogP contribution in [0.1, 0.15) is 70.2 Å². The summed E-state index contributed by atoms with van der Waals surface area (Å²) in [7, 11) is 0. The highest BCUT2D eigenvalue weighted by atomic mass is 19.1. The molecule has 0 saturated carbocycles. The molecule has 0 fully saturated rings. The number of allylic oxidation sites excluding steroid dienone is 3. The van der Waals surface area contributed by atoms with Gasteiger partial charge in [0.1, 0.15) is 28.9 Å². The summed E-state index contributed by atoms with van der Waals surface area (Å²) in [6, 6.07) is 4.95. The van der Waals surface area contributed by atoms with Gasteiger partial charge < -0.3 is 19.7 Å². The maximum Gasteiger partial charge on any atom is 0.172 e. The van der Waals surface area contributed by atoms with E-state index in [1.807, 2.05) is 45.2 Å². The summed E-state index contributed by atoms with van der Waals surface area (Å²) in [4.78, 5) is 7.15. The molecule has 42 heavy (non-hydrogen) atoms. The molecule has 8 nitrogen and oxygen atoms in total. The Kier molecular flexibility index (Phi) is 10.4. The van der Waals surface area contributed by atoms with Crippen LogP contribution in [-0.4, -0.2) is 41.7 Å². The van der Waals surface area contributed by atoms with Gasteiger partial charge in [-0.15, -0.1) is 0 Å². The van der Waals surface area contributed by atoms with Crippen LogP contribution in [0, 0.1) is 31.0 Å². The summed E-state index contributed by atoms with van der Waals surface area (Å²) in [6.07, 6.45) is 13.4. The number of rotatable bonds is 10. The quantitative estimate of drug-likeness (QED) is 0.172. The SMILES string of the molecule is C/C=N\N1C=CC(Oc2cc(F)c(NC(=N)c3nc4c(cc3C)OCC(C)CN4CCCCC)cc2C)=C/C1=C\CC. The zero-order valence-corrected chi connectivity index (χ0v) is 25.6. The van der Waals surface area contributed by atoms with Gasteiger partial charge >= 0.3 is 0 Å². The number of hydrazone groups is 1. The van der Waals surface area contributed by atoms with Crippen molar-refractivity contribution in [1.29, 1.82) is 5.41 Å². The van der Waals surface area contributed by atoms with E-state index in [1.165, 1.54) is 6.07 Å². The molecule has 4 rings (SSSR count). The van der Waals surface area contributed by atoms with Crippen LogP contribution in [0.25, 0.3) is 0 Å². The molecule has 2 aliphatic rings. The van der Waals surface area contributed by atoms with Crippen LogP contribution in [0.5, 0.6) is 11.5 Å². The average Bonchev–Trinajstić information content (AvgIpc) is 3.10. The standard InChI is InChI=1S/C33H43FN6O2/c1-7-10-11-14-39-20-22(4)21-41-30-17-24(6)31(38-33(30)39)32(35)37-28-16-23(5)29(19-27(28)34)42-26-13-15-40(36-9-3)25(18-26)12-8-2/h9,12-13,15-19,22H,7-8,10-11,14,20-21H2,1-6H3,(H2,35,37)/b25-12+,36-9-. The smallest absolute Gasteiger partial charge is 0.172 e. The van der Waals surface area contributed by atoms with Gasteiger partial charge in [0.2, 0.25) is 0 Å². The van der Waals surface area contributed by atoms with Crippen molar-refractivity contribution >= 4 is 23.6 Å². The van der Waals surface area contributed by atoms with E-state index >= 15 is 4.39 Å². The summed E-state index contributed by atoms with van der Waals surface area (Å²) in [5.74, 6) is 2.33. The van der Waals surface area contributed by atoms with Gasteiger partial charge in [-0.3, -0.25) is 5.41 Å². The minimum Gasteiger partial charge on any atom is -0.489 e. The number of nitrogens with zero attached hydrogens (tertiary/aromatic N) is 4. The molecule has 0 spiro atoms. The number of aryl methyl sites for hydroxylation is 2. The first-order valence-electron chi connectivity index (χ1n) is 14.8. The molecule has 0 amide bonds. The minimum absolute atomic E-state index is 0.0249. The first-order valence-corrected chi connectivity index (χ1v) is 14.8. The molecule has 1 aromatic heterocycles. The number of hydrogen-bond donors (Lipinski definition) is 2. The lowest BCUT2D eigenvalue weighted by molar-refractivity contribution is 0.273. The second kappa shape index (κ2) is 14.2. The topological polar surface area (TPSA) is 86.1 Å². The molecule has 0 bridgehead atoms. The summed E-state index contributed by atoms with van der Waals surface area (Å²) in [6.45, 7) is 14.4. The number of hydrogen-bond acceptors (Lipinski definition) is 7. The van der Waals surface area contributed by atoms with Crippen LogP contribution >= 0.6 is 0 Å². The Morgan fingerprint density at radius 3 is 2.79 bits per heavy atom. The number of anilines is 2. The Labute approximate surface area is 249 Å². The van der Waals surface area contributed by atoms with E-state index in [0.29, 0.717) is 29.7 Å². The molecular formula is C33H43FN6O2. The van der Waals surface area contributed by atoms with Crippen molar-refractivity contribution in [3.63, 3.8) is 0 Å². The van der Waals surface area contributed by atoms with Crippen LogP contribution in [0.3, 0.4) is 0 Å². The fourth-order valence-corrected chi connectivity index (χ4v) is 5.00. The largest absolute Gasteiger partial charge is 0.489 e. The fraction of sp³-hybridized carbons (Fsp3) is 0.424. The lowest BCUT2D eigenvalue weighted by Crippen LogP contribution is -2.30. The highest BCUT2D eigenvalue weighted by molar-refractivity contribution is 6.06. The third kappa shape index (κ3) is 7.38. The maximum atomic E-state index is 15.4. The van der Waals surface area contributed by atoms with Gasteiger partial charge in [0.15, 0.2) is 11.6 Å². The summed E-state index contributed by atoms with van der Waals surface area (Å²) in [5, 5.41) is 17.9. The van der Waals surface area contributed by atoms with Gasteiger partial charge in [-0.25, -0.2) is 14.4 Å². The number of pyridine rings is 1. The maximum absolute atomic E-state index is 15.4. The average molecular weight is 575 g/mol. The molecule has 1 atom stereocenters. The number of amidine groups is 1. The van der Waals surface area contributed by atoms with E-state index in [0.717, 1.165) is 67.2 Å².